The second kappa shape index (κ2) is 11.7. The molecule has 1 N–H and O–H groups in total. The number of nitrogens with one attached hydrogen (secondary N) is 1. The molecule has 0 spiro atoms. The van der Waals surface area contributed by atoms with Crippen LogP contribution in [-0.4, -0.2) is 50.6 Å². The predicted molar refractivity (Wildman–Crippen MR) is 124 cm³/mol. The van der Waals surface area contributed by atoms with Crippen LogP contribution in [-0.2, 0) is 16.2 Å². The topological polar surface area (TPSA) is 54.0 Å². The maximum atomic E-state index is 13.3. The number of carbonyl (C=O) groups is 1. The van der Waals surface area contributed by atoms with Crippen LogP contribution in [0.4, 0.5) is 5.69 Å². The first kappa shape index (κ1) is 23.1. The number of methoxy groups -OCH3 is 1. The Morgan fingerprint density at radius 2 is 1.71 bits per heavy atom. The lowest BCUT2D eigenvalue weighted by molar-refractivity contribution is -0.138. The molecule has 2 atom stereocenters. The lowest BCUT2D eigenvalue weighted by atomic mass is 9.90. The van der Waals surface area contributed by atoms with Crippen LogP contribution in [0.5, 0.6) is 5.75 Å². The quantitative estimate of drug-likeness (QED) is 0.464. The number of rotatable bonds is 10. The molecular weight excluding hydrogens is 390 g/mol. The van der Waals surface area contributed by atoms with Crippen LogP contribution in [0.15, 0.2) is 54.6 Å². The molecule has 2 aromatic carbocycles. The van der Waals surface area contributed by atoms with Crippen LogP contribution in [0.25, 0.3) is 0 Å². The number of anilines is 1. The van der Waals surface area contributed by atoms with Gasteiger partial charge in [0, 0.05) is 38.4 Å². The van der Waals surface area contributed by atoms with E-state index in [1.807, 2.05) is 47.4 Å². The van der Waals surface area contributed by atoms with Gasteiger partial charge in [0.25, 0.3) is 0 Å². The highest BCUT2D eigenvalue weighted by atomic mass is 16.6. The van der Waals surface area contributed by atoms with Crippen LogP contribution in [0.2, 0.25) is 0 Å². The molecule has 0 bridgehead atoms. The Morgan fingerprint density at radius 1 is 1.03 bits per heavy atom. The average Bonchev–Trinajstić information content (AvgIpc) is 2.84. The highest BCUT2D eigenvalue weighted by Gasteiger charge is 2.30. The number of piperazine rings is 1. The summed E-state index contributed by atoms with van der Waals surface area (Å²) in [7, 11) is 1.68. The Bertz CT molecular complexity index is 789. The molecule has 0 aliphatic carbocycles. The number of ether oxygens (including phenoxy) is 1. The fourth-order valence-electron chi connectivity index (χ4n) is 3.89. The Morgan fingerprint density at radius 3 is 2.32 bits per heavy atom. The number of hydrogen-bond acceptors (Lipinski definition) is 5. The maximum absolute atomic E-state index is 13.3. The van der Waals surface area contributed by atoms with Gasteiger partial charge in [-0.1, -0.05) is 50.6 Å². The Hall–Kier alpha value is -2.57. The van der Waals surface area contributed by atoms with Gasteiger partial charge in [-0.2, -0.15) is 0 Å². The molecule has 1 saturated heterocycles. The summed E-state index contributed by atoms with van der Waals surface area (Å²) in [5.41, 5.74) is 5.32. The van der Waals surface area contributed by atoms with Crippen molar-refractivity contribution in [2.24, 2.45) is 11.8 Å². The van der Waals surface area contributed by atoms with E-state index < -0.39 is 0 Å². The Balaban J connectivity index is 1.50. The highest BCUT2D eigenvalue weighted by Crippen LogP contribution is 2.23. The number of carbonyl (C=O) groups excluding carboxylic acids is 1. The van der Waals surface area contributed by atoms with Crippen LogP contribution in [0, 0.1) is 11.8 Å². The van der Waals surface area contributed by atoms with Crippen molar-refractivity contribution in [2.45, 2.75) is 26.9 Å². The van der Waals surface area contributed by atoms with E-state index in [0.717, 1.165) is 43.9 Å². The highest BCUT2D eigenvalue weighted by molar-refractivity contribution is 5.79. The minimum absolute atomic E-state index is 0.0895. The molecule has 6 heteroatoms. The summed E-state index contributed by atoms with van der Waals surface area (Å²) in [5.74, 6) is 1.28. The molecule has 1 fully saturated rings. The van der Waals surface area contributed by atoms with Gasteiger partial charge < -0.3 is 14.5 Å². The summed E-state index contributed by atoms with van der Waals surface area (Å²) in [6, 6.07) is 18.1. The molecule has 2 aromatic rings. The fourth-order valence-corrected chi connectivity index (χ4v) is 3.89. The number of hydrogen-bond donors (Lipinski definition) is 1. The van der Waals surface area contributed by atoms with Crippen molar-refractivity contribution in [3.63, 3.8) is 0 Å². The molecule has 1 aliphatic rings. The van der Waals surface area contributed by atoms with Crippen LogP contribution in [0.1, 0.15) is 25.8 Å². The van der Waals surface area contributed by atoms with Crippen molar-refractivity contribution in [1.29, 1.82) is 0 Å². The van der Waals surface area contributed by atoms with E-state index in [4.69, 9.17) is 9.57 Å². The Kier molecular flexibility index (Phi) is 8.74. The number of nitrogens with zero attached hydrogens (tertiary/aromatic N) is 2. The van der Waals surface area contributed by atoms with Crippen LogP contribution < -0.4 is 15.1 Å². The van der Waals surface area contributed by atoms with E-state index in [0.29, 0.717) is 19.1 Å². The van der Waals surface area contributed by atoms with E-state index >= 15 is 0 Å². The standard InChI is InChI=1S/C25H35N3O3/c1-4-20(2)24(18-26-31-19-21-8-6-5-7-9-21)25(29)28-16-14-27(15-17-28)22-10-12-23(30-3)13-11-22/h5-13,20,24,26H,4,14-19H2,1-3H3/t20?,24-/m1/s1. The van der Waals surface area contributed by atoms with E-state index in [2.05, 4.69) is 36.4 Å². The number of amides is 1. The third-order valence-corrected chi connectivity index (χ3v) is 6.16. The van der Waals surface area contributed by atoms with Crippen molar-refractivity contribution in [3.8, 4) is 5.75 Å². The molecule has 0 aromatic heterocycles. The monoisotopic (exact) mass is 425 g/mol. The zero-order valence-electron chi connectivity index (χ0n) is 18.9. The normalized spacial score (nSPS) is 16.1. The molecule has 6 nitrogen and oxygen atoms in total. The van der Waals surface area contributed by atoms with E-state index in [1.165, 1.54) is 5.69 Å². The minimum Gasteiger partial charge on any atom is -0.497 e. The molecular formula is C25H35N3O3. The zero-order valence-corrected chi connectivity index (χ0v) is 18.9. The van der Waals surface area contributed by atoms with Crippen molar-refractivity contribution in [2.75, 3.05) is 44.7 Å². The second-order valence-corrected chi connectivity index (χ2v) is 8.13. The predicted octanol–water partition coefficient (Wildman–Crippen LogP) is 3.73. The van der Waals surface area contributed by atoms with Gasteiger partial charge in [-0.25, -0.2) is 5.48 Å². The van der Waals surface area contributed by atoms with Crippen molar-refractivity contribution >= 4 is 11.6 Å². The van der Waals surface area contributed by atoms with Gasteiger partial charge in [-0.3, -0.25) is 9.63 Å². The summed E-state index contributed by atoms with van der Waals surface area (Å²) < 4.78 is 5.24. The average molecular weight is 426 g/mol. The van der Waals surface area contributed by atoms with Crippen LogP contribution >= 0.6 is 0 Å². The van der Waals surface area contributed by atoms with E-state index in [9.17, 15) is 4.79 Å². The van der Waals surface area contributed by atoms with Gasteiger partial charge in [0.2, 0.25) is 5.91 Å². The second-order valence-electron chi connectivity index (χ2n) is 8.13. The molecule has 0 saturated carbocycles. The molecule has 31 heavy (non-hydrogen) atoms. The summed E-state index contributed by atoms with van der Waals surface area (Å²) in [6.45, 7) is 8.45. The maximum Gasteiger partial charge on any atom is 0.227 e. The molecule has 1 amide bonds. The third kappa shape index (κ3) is 6.45. The van der Waals surface area contributed by atoms with Crippen molar-refractivity contribution < 1.29 is 14.4 Å². The summed E-state index contributed by atoms with van der Waals surface area (Å²) in [6.07, 6.45) is 0.961. The SMILES string of the molecule is CCC(C)[C@@H](CNOCc1ccccc1)C(=O)N1CCN(c2ccc(OC)cc2)CC1. The van der Waals surface area contributed by atoms with Gasteiger partial charge in [0.15, 0.2) is 0 Å². The first-order chi connectivity index (χ1) is 15.1. The lowest BCUT2D eigenvalue weighted by Gasteiger charge is -2.38. The van der Waals surface area contributed by atoms with Gasteiger partial charge in [0.1, 0.15) is 5.75 Å². The first-order valence-electron chi connectivity index (χ1n) is 11.2. The lowest BCUT2D eigenvalue weighted by Crippen LogP contribution is -2.52. The Labute approximate surface area is 186 Å². The molecule has 1 aliphatic heterocycles. The molecule has 1 heterocycles. The van der Waals surface area contributed by atoms with Gasteiger partial charge in [-0.05, 0) is 35.7 Å². The first-order valence-corrected chi connectivity index (χ1v) is 11.2. The summed E-state index contributed by atoms with van der Waals surface area (Å²) >= 11 is 0. The molecule has 1 unspecified atom stereocenters. The van der Waals surface area contributed by atoms with Crippen molar-refractivity contribution in [3.05, 3.63) is 60.2 Å². The van der Waals surface area contributed by atoms with Crippen LogP contribution in [0.3, 0.4) is 0 Å². The molecule has 168 valence electrons. The van der Waals surface area contributed by atoms with E-state index in [-0.39, 0.29) is 11.8 Å². The molecule has 0 radical (unpaired) electrons. The van der Waals surface area contributed by atoms with Gasteiger partial charge >= 0.3 is 0 Å². The number of benzene rings is 2. The smallest absolute Gasteiger partial charge is 0.227 e. The third-order valence-electron chi connectivity index (χ3n) is 6.16. The zero-order chi connectivity index (χ0) is 22.1. The largest absolute Gasteiger partial charge is 0.497 e. The molecule has 3 rings (SSSR count). The minimum atomic E-state index is -0.0895. The van der Waals surface area contributed by atoms with E-state index in [1.54, 1.807) is 7.11 Å². The summed E-state index contributed by atoms with van der Waals surface area (Å²) in [5, 5.41) is 0. The summed E-state index contributed by atoms with van der Waals surface area (Å²) in [4.78, 5) is 23.3. The fraction of sp³-hybridized carbons (Fsp3) is 0.480. The van der Waals surface area contributed by atoms with Crippen molar-refractivity contribution in [1.82, 2.24) is 10.4 Å². The van der Waals surface area contributed by atoms with Gasteiger partial charge in [-0.15, -0.1) is 0 Å². The van der Waals surface area contributed by atoms with Gasteiger partial charge in [0.05, 0.1) is 19.6 Å². The number of hydroxylamine groups is 1.